The molecule has 1 rings (SSSR count). The third-order valence-electron chi connectivity index (χ3n) is 2.94. The Morgan fingerprint density at radius 2 is 1.88 bits per heavy atom. The van der Waals surface area contributed by atoms with Gasteiger partial charge in [0.15, 0.2) is 0 Å². The molecule has 0 unspecified atom stereocenters. The van der Waals surface area contributed by atoms with Crippen LogP contribution in [0.4, 0.5) is 4.79 Å². The first-order valence-corrected chi connectivity index (χ1v) is 7.28. The van der Waals surface area contributed by atoms with Crippen LogP contribution in [0.1, 0.15) is 35.7 Å². The molecule has 0 bridgehead atoms. The van der Waals surface area contributed by atoms with Gasteiger partial charge >= 0.3 is 6.09 Å². The Morgan fingerprint density at radius 3 is 2.42 bits per heavy atom. The molecule has 8 heteroatoms. The molecule has 3 amide bonds. The standard InChI is InChI=1S/C16H19N3O5/c1-2-3-4-5-11-6-8-12(9-7-11)14(20)18-13(15(21)19-24)10-17-16(22)23/h6-9,13,17,24H,2-3,10H2,1H3,(H,18,20)(H,19,21)(H,22,23)/t13-/m0/s1. The molecule has 0 aliphatic carbocycles. The highest BCUT2D eigenvalue weighted by molar-refractivity contribution is 5.97. The molecule has 0 saturated carbocycles. The maximum Gasteiger partial charge on any atom is 0.404 e. The summed E-state index contributed by atoms with van der Waals surface area (Å²) in [5, 5.41) is 21.5. The lowest BCUT2D eigenvalue weighted by Gasteiger charge is -2.16. The summed E-state index contributed by atoms with van der Waals surface area (Å²) < 4.78 is 0. The number of carboxylic acid groups (broad SMARTS) is 1. The average molecular weight is 333 g/mol. The van der Waals surface area contributed by atoms with E-state index in [4.69, 9.17) is 10.3 Å². The van der Waals surface area contributed by atoms with E-state index in [-0.39, 0.29) is 12.1 Å². The monoisotopic (exact) mass is 333 g/mol. The molecule has 0 heterocycles. The molecule has 0 saturated heterocycles. The first-order valence-electron chi connectivity index (χ1n) is 7.28. The van der Waals surface area contributed by atoms with E-state index in [1.165, 1.54) is 5.48 Å². The third kappa shape index (κ3) is 6.37. The van der Waals surface area contributed by atoms with Crippen molar-refractivity contribution in [3.05, 3.63) is 35.4 Å². The summed E-state index contributed by atoms with van der Waals surface area (Å²) in [5.74, 6) is 4.43. The van der Waals surface area contributed by atoms with E-state index in [9.17, 15) is 14.4 Å². The van der Waals surface area contributed by atoms with Crippen molar-refractivity contribution in [2.75, 3.05) is 6.54 Å². The number of unbranched alkanes of at least 4 members (excludes halogenated alkanes) is 1. The van der Waals surface area contributed by atoms with Crippen LogP contribution in [-0.2, 0) is 4.79 Å². The van der Waals surface area contributed by atoms with Crippen LogP contribution < -0.4 is 16.1 Å². The lowest BCUT2D eigenvalue weighted by atomic mass is 10.1. The number of carbonyl (C=O) groups is 3. The Morgan fingerprint density at radius 1 is 1.21 bits per heavy atom. The number of hydrogen-bond donors (Lipinski definition) is 5. The van der Waals surface area contributed by atoms with E-state index >= 15 is 0 Å². The molecule has 1 atom stereocenters. The SMILES string of the molecule is CCCC#Cc1ccc(C(=O)N[C@@H](CNC(=O)O)C(=O)NO)cc1. The highest BCUT2D eigenvalue weighted by Gasteiger charge is 2.21. The Balaban J connectivity index is 2.74. The summed E-state index contributed by atoms with van der Waals surface area (Å²) in [6.45, 7) is 1.65. The van der Waals surface area contributed by atoms with Gasteiger partial charge in [-0.15, -0.1) is 0 Å². The topological polar surface area (TPSA) is 128 Å². The van der Waals surface area contributed by atoms with Crippen LogP contribution in [0.15, 0.2) is 24.3 Å². The second-order valence-electron chi connectivity index (χ2n) is 4.82. The van der Waals surface area contributed by atoms with Crippen LogP contribution in [0, 0.1) is 11.8 Å². The van der Waals surface area contributed by atoms with Gasteiger partial charge in [0.1, 0.15) is 6.04 Å². The fraction of sp³-hybridized carbons (Fsp3) is 0.312. The molecule has 0 aliphatic rings. The fourth-order valence-corrected chi connectivity index (χ4v) is 1.71. The lowest BCUT2D eigenvalue weighted by molar-refractivity contribution is -0.131. The van der Waals surface area contributed by atoms with Crippen LogP contribution in [0.25, 0.3) is 0 Å². The van der Waals surface area contributed by atoms with Crippen molar-refractivity contribution in [2.45, 2.75) is 25.8 Å². The fourth-order valence-electron chi connectivity index (χ4n) is 1.71. The molecule has 0 fully saturated rings. The largest absolute Gasteiger partial charge is 0.465 e. The summed E-state index contributed by atoms with van der Waals surface area (Å²) in [7, 11) is 0. The maximum absolute atomic E-state index is 12.1. The van der Waals surface area contributed by atoms with Gasteiger partial charge in [-0.25, -0.2) is 10.3 Å². The molecular formula is C16H19N3O5. The van der Waals surface area contributed by atoms with E-state index in [2.05, 4.69) is 17.2 Å². The van der Waals surface area contributed by atoms with Gasteiger partial charge in [-0.2, -0.15) is 0 Å². The number of hydrogen-bond acceptors (Lipinski definition) is 4. The molecule has 8 nitrogen and oxygen atoms in total. The number of benzene rings is 1. The Hall–Kier alpha value is -3.05. The van der Waals surface area contributed by atoms with Crippen molar-refractivity contribution in [2.24, 2.45) is 0 Å². The number of rotatable bonds is 6. The molecule has 0 spiro atoms. The Kier molecular flexibility index (Phi) is 7.81. The van der Waals surface area contributed by atoms with Crippen molar-refractivity contribution in [1.29, 1.82) is 0 Å². The van der Waals surface area contributed by atoms with E-state index in [0.29, 0.717) is 0 Å². The van der Waals surface area contributed by atoms with Crippen molar-refractivity contribution < 1.29 is 24.7 Å². The van der Waals surface area contributed by atoms with Gasteiger partial charge in [0, 0.05) is 17.5 Å². The maximum atomic E-state index is 12.1. The molecule has 24 heavy (non-hydrogen) atoms. The number of carbonyl (C=O) groups excluding carboxylic acids is 2. The zero-order valence-corrected chi connectivity index (χ0v) is 13.1. The summed E-state index contributed by atoms with van der Waals surface area (Å²) in [4.78, 5) is 34.1. The molecule has 5 N–H and O–H groups in total. The Bertz CT molecular complexity index is 646. The minimum absolute atomic E-state index is 0.280. The molecule has 0 radical (unpaired) electrons. The van der Waals surface area contributed by atoms with E-state index in [0.717, 1.165) is 18.4 Å². The number of nitrogens with one attached hydrogen (secondary N) is 3. The molecular weight excluding hydrogens is 314 g/mol. The normalized spacial score (nSPS) is 10.8. The zero-order valence-electron chi connectivity index (χ0n) is 13.1. The summed E-state index contributed by atoms with van der Waals surface area (Å²) in [5.41, 5.74) is 2.42. The Labute approximate surface area is 139 Å². The predicted octanol–water partition coefficient (Wildman–Crippen LogP) is 0.710. The first-order chi connectivity index (χ1) is 11.5. The number of hydroxylamine groups is 1. The van der Waals surface area contributed by atoms with E-state index < -0.39 is 23.9 Å². The van der Waals surface area contributed by atoms with Crippen LogP contribution in [-0.4, -0.2) is 40.8 Å². The first kappa shape index (κ1) is 19.0. The zero-order chi connectivity index (χ0) is 17.9. The van der Waals surface area contributed by atoms with E-state index in [1.54, 1.807) is 24.3 Å². The van der Waals surface area contributed by atoms with Gasteiger partial charge in [-0.3, -0.25) is 14.8 Å². The predicted molar refractivity (Wildman–Crippen MR) is 85.4 cm³/mol. The van der Waals surface area contributed by atoms with Gasteiger partial charge < -0.3 is 15.7 Å². The highest BCUT2D eigenvalue weighted by Crippen LogP contribution is 2.04. The van der Waals surface area contributed by atoms with Crippen molar-refractivity contribution in [1.82, 2.24) is 16.1 Å². The van der Waals surface area contributed by atoms with Gasteiger partial charge in [0.25, 0.3) is 11.8 Å². The second-order valence-corrected chi connectivity index (χ2v) is 4.82. The van der Waals surface area contributed by atoms with Crippen LogP contribution >= 0.6 is 0 Å². The third-order valence-corrected chi connectivity index (χ3v) is 2.94. The molecule has 1 aromatic carbocycles. The van der Waals surface area contributed by atoms with Crippen molar-refractivity contribution >= 4 is 17.9 Å². The van der Waals surface area contributed by atoms with Gasteiger partial charge in [-0.1, -0.05) is 18.8 Å². The molecule has 128 valence electrons. The van der Waals surface area contributed by atoms with Crippen molar-refractivity contribution in [3.63, 3.8) is 0 Å². The van der Waals surface area contributed by atoms with Crippen LogP contribution in [0.5, 0.6) is 0 Å². The van der Waals surface area contributed by atoms with Gasteiger partial charge in [0.2, 0.25) is 0 Å². The van der Waals surface area contributed by atoms with E-state index in [1.807, 2.05) is 12.2 Å². The quantitative estimate of drug-likeness (QED) is 0.298. The molecule has 0 aliphatic heterocycles. The number of amides is 3. The minimum Gasteiger partial charge on any atom is -0.465 e. The summed E-state index contributed by atoms with van der Waals surface area (Å²) in [6.07, 6.45) is 0.401. The minimum atomic E-state index is -1.35. The lowest BCUT2D eigenvalue weighted by Crippen LogP contribution is -2.51. The van der Waals surface area contributed by atoms with Gasteiger partial charge in [-0.05, 0) is 30.7 Å². The molecule has 1 aromatic rings. The smallest absolute Gasteiger partial charge is 0.404 e. The highest BCUT2D eigenvalue weighted by atomic mass is 16.5. The summed E-state index contributed by atoms with van der Waals surface area (Å²) in [6, 6.07) is 5.19. The average Bonchev–Trinajstić information content (AvgIpc) is 2.58. The second kappa shape index (κ2) is 9.86. The summed E-state index contributed by atoms with van der Waals surface area (Å²) >= 11 is 0. The molecule has 0 aromatic heterocycles. The van der Waals surface area contributed by atoms with Crippen LogP contribution in [0.3, 0.4) is 0 Å². The van der Waals surface area contributed by atoms with Gasteiger partial charge in [0.05, 0.1) is 6.54 Å². The van der Waals surface area contributed by atoms with Crippen molar-refractivity contribution in [3.8, 4) is 11.8 Å². The van der Waals surface area contributed by atoms with Crippen LogP contribution in [0.2, 0.25) is 0 Å².